The number of amides is 1. The number of halogens is 3. The van der Waals surface area contributed by atoms with Crippen molar-refractivity contribution < 1.29 is 24.3 Å². The first kappa shape index (κ1) is 22.0. The number of aliphatic hydroxyl groups is 2. The Kier molecular flexibility index (Phi) is 7.70. The fraction of sp³-hybridized carbons (Fsp3) is 0.278. The molecule has 0 fully saturated rings. The van der Waals surface area contributed by atoms with Crippen LogP contribution in [-0.2, 0) is 4.79 Å². The van der Waals surface area contributed by atoms with Gasteiger partial charge in [0.25, 0.3) is 5.69 Å². The summed E-state index contributed by atoms with van der Waals surface area (Å²) in [6.07, 6.45) is -1.36. The molecule has 2 atom stereocenters. The number of nitrogens with zero attached hydrogens (tertiary/aromatic N) is 1. The molecule has 7 nitrogen and oxygen atoms in total. The zero-order valence-electron chi connectivity index (χ0n) is 14.4. The third-order valence-corrected chi connectivity index (χ3v) is 4.75. The summed E-state index contributed by atoms with van der Waals surface area (Å²) in [6, 6.07) is 7.74. The average molecular weight is 431 g/mol. The number of carbonyl (C=O) groups excluding carboxylic acids is 1. The summed E-state index contributed by atoms with van der Waals surface area (Å²) in [6.45, 7) is -0.457. The Bertz CT molecular complexity index is 858. The van der Waals surface area contributed by atoms with E-state index in [-0.39, 0.29) is 39.8 Å². The lowest BCUT2D eigenvalue weighted by Crippen LogP contribution is -2.21. The molecule has 0 saturated heterocycles. The molecule has 10 heteroatoms. The standard InChI is InChI=1S/C18H17Cl2FN2O5/c19-13-7-11(23(27)28)8-14(20)17(13)22-16(25)6-5-10(9-24)18(26)12-3-1-2-4-15(12)21/h1-4,7-8,10,18,24,26H,5-6,9H2,(H,22,25). The molecule has 2 unspecified atom stereocenters. The minimum Gasteiger partial charge on any atom is -0.396 e. The molecule has 0 radical (unpaired) electrons. The Labute approximate surface area is 169 Å². The molecule has 0 heterocycles. The van der Waals surface area contributed by atoms with Crippen molar-refractivity contribution in [2.45, 2.75) is 18.9 Å². The van der Waals surface area contributed by atoms with Crippen molar-refractivity contribution in [3.8, 4) is 0 Å². The lowest BCUT2D eigenvalue weighted by atomic mass is 9.92. The van der Waals surface area contributed by atoms with E-state index >= 15 is 0 Å². The molecule has 0 bridgehead atoms. The number of nitro groups is 1. The first-order valence-electron chi connectivity index (χ1n) is 8.21. The second-order valence-electron chi connectivity index (χ2n) is 6.04. The van der Waals surface area contributed by atoms with Crippen molar-refractivity contribution in [3.05, 3.63) is 67.9 Å². The van der Waals surface area contributed by atoms with Gasteiger partial charge in [0, 0.05) is 36.6 Å². The summed E-state index contributed by atoms with van der Waals surface area (Å²) < 4.78 is 13.8. The van der Waals surface area contributed by atoms with Gasteiger partial charge in [0.1, 0.15) is 5.82 Å². The van der Waals surface area contributed by atoms with Gasteiger partial charge in [-0.15, -0.1) is 0 Å². The molecule has 0 spiro atoms. The van der Waals surface area contributed by atoms with Crippen molar-refractivity contribution in [3.63, 3.8) is 0 Å². The van der Waals surface area contributed by atoms with Crippen LogP contribution < -0.4 is 5.32 Å². The maximum atomic E-state index is 13.8. The summed E-state index contributed by atoms with van der Waals surface area (Å²) in [5.41, 5.74) is -0.265. The molecule has 150 valence electrons. The lowest BCUT2D eigenvalue weighted by Gasteiger charge is -2.21. The molecule has 2 aromatic rings. The van der Waals surface area contributed by atoms with Crippen LogP contribution in [0.4, 0.5) is 15.8 Å². The Hall–Kier alpha value is -2.26. The normalized spacial score (nSPS) is 13.0. The molecule has 0 aliphatic heterocycles. The molecule has 3 N–H and O–H groups in total. The fourth-order valence-corrected chi connectivity index (χ4v) is 3.19. The third-order valence-electron chi connectivity index (χ3n) is 4.15. The number of nitrogens with one attached hydrogen (secondary N) is 1. The van der Waals surface area contributed by atoms with Crippen molar-refractivity contribution in [2.75, 3.05) is 11.9 Å². The number of benzene rings is 2. The number of anilines is 1. The molecule has 0 aliphatic carbocycles. The van der Waals surface area contributed by atoms with E-state index in [9.17, 15) is 29.5 Å². The van der Waals surface area contributed by atoms with E-state index in [1.807, 2.05) is 0 Å². The molecular formula is C18H17Cl2FN2O5. The van der Waals surface area contributed by atoms with Gasteiger partial charge < -0.3 is 15.5 Å². The number of aliphatic hydroxyl groups excluding tert-OH is 2. The van der Waals surface area contributed by atoms with E-state index in [0.29, 0.717) is 0 Å². The number of non-ortho nitro benzene ring substituents is 1. The molecule has 28 heavy (non-hydrogen) atoms. The highest BCUT2D eigenvalue weighted by atomic mass is 35.5. The van der Waals surface area contributed by atoms with Crippen molar-refractivity contribution >= 4 is 40.5 Å². The molecule has 1 amide bonds. The van der Waals surface area contributed by atoms with Crippen LogP contribution in [-0.4, -0.2) is 27.7 Å². The van der Waals surface area contributed by atoms with Crippen LogP contribution in [0.2, 0.25) is 10.0 Å². The minimum absolute atomic E-state index is 0.0223. The van der Waals surface area contributed by atoms with Crippen molar-refractivity contribution in [1.29, 1.82) is 0 Å². The first-order chi connectivity index (χ1) is 13.2. The Balaban J connectivity index is 2.03. The van der Waals surface area contributed by atoms with Gasteiger partial charge >= 0.3 is 0 Å². The monoisotopic (exact) mass is 430 g/mol. The average Bonchev–Trinajstić information content (AvgIpc) is 2.65. The van der Waals surface area contributed by atoms with E-state index in [2.05, 4.69) is 5.32 Å². The van der Waals surface area contributed by atoms with Crippen LogP contribution in [0.5, 0.6) is 0 Å². The summed E-state index contributed by atoms with van der Waals surface area (Å²) in [4.78, 5) is 22.3. The zero-order valence-corrected chi connectivity index (χ0v) is 16.0. The third kappa shape index (κ3) is 5.39. The number of rotatable bonds is 8. The zero-order chi connectivity index (χ0) is 20.8. The second kappa shape index (κ2) is 9.79. The topological polar surface area (TPSA) is 113 Å². The van der Waals surface area contributed by atoms with E-state index in [1.165, 1.54) is 18.2 Å². The maximum absolute atomic E-state index is 13.8. The van der Waals surface area contributed by atoms with Gasteiger partial charge in [-0.25, -0.2) is 4.39 Å². The molecule has 0 aliphatic rings. The van der Waals surface area contributed by atoms with Gasteiger partial charge in [0.2, 0.25) is 5.91 Å². The van der Waals surface area contributed by atoms with Gasteiger partial charge in [-0.1, -0.05) is 41.4 Å². The van der Waals surface area contributed by atoms with E-state index in [4.69, 9.17) is 23.2 Å². The lowest BCUT2D eigenvalue weighted by molar-refractivity contribution is -0.384. The smallest absolute Gasteiger partial charge is 0.272 e. The highest BCUT2D eigenvalue weighted by Crippen LogP contribution is 2.35. The SMILES string of the molecule is O=C(CCC(CO)C(O)c1ccccc1F)Nc1c(Cl)cc([N+](=O)[O-])cc1Cl. The summed E-state index contributed by atoms with van der Waals surface area (Å²) in [5, 5.41) is 32.8. The first-order valence-corrected chi connectivity index (χ1v) is 8.96. The Morgan fingerprint density at radius 2 is 1.86 bits per heavy atom. The summed E-state index contributed by atoms with van der Waals surface area (Å²) >= 11 is 11.9. The van der Waals surface area contributed by atoms with Crippen LogP contribution in [0.1, 0.15) is 24.5 Å². The van der Waals surface area contributed by atoms with Crippen molar-refractivity contribution in [1.82, 2.24) is 0 Å². The second-order valence-corrected chi connectivity index (χ2v) is 6.85. The van der Waals surface area contributed by atoms with Crippen LogP contribution in [0.25, 0.3) is 0 Å². The fourth-order valence-electron chi connectivity index (χ4n) is 2.62. The van der Waals surface area contributed by atoms with Crippen LogP contribution in [0, 0.1) is 21.8 Å². The molecular weight excluding hydrogens is 414 g/mol. The quantitative estimate of drug-likeness (QED) is 0.430. The molecule has 2 rings (SSSR count). The predicted octanol–water partition coefficient (Wildman–Crippen LogP) is 4.10. The van der Waals surface area contributed by atoms with E-state index in [1.54, 1.807) is 6.07 Å². The molecule has 0 aromatic heterocycles. The summed E-state index contributed by atoms with van der Waals surface area (Å²) in [5.74, 6) is -1.91. The Morgan fingerprint density at radius 1 is 1.25 bits per heavy atom. The minimum atomic E-state index is -1.29. The molecule has 0 saturated carbocycles. The Morgan fingerprint density at radius 3 is 2.39 bits per heavy atom. The number of carbonyl (C=O) groups is 1. The maximum Gasteiger partial charge on any atom is 0.272 e. The summed E-state index contributed by atoms with van der Waals surface area (Å²) in [7, 11) is 0. The van der Waals surface area contributed by atoms with Gasteiger partial charge in [-0.3, -0.25) is 14.9 Å². The highest BCUT2D eigenvalue weighted by Gasteiger charge is 2.24. The largest absolute Gasteiger partial charge is 0.396 e. The van der Waals surface area contributed by atoms with E-state index < -0.39 is 35.3 Å². The van der Waals surface area contributed by atoms with Crippen LogP contribution in [0.15, 0.2) is 36.4 Å². The number of hydrogen-bond donors (Lipinski definition) is 3. The van der Waals surface area contributed by atoms with Crippen molar-refractivity contribution in [2.24, 2.45) is 5.92 Å². The van der Waals surface area contributed by atoms with Gasteiger partial charge in [0.05, 0.1) is 26.8 Å². The molecule has 2 aromatic carbocycles. The van der Waals surface area contributed by atoms with Gasteiger partial charge in [-0.2, -0.15) is 0 Å². The van der Waals surface area contributed by atoms with Crippen LogP contribution in [0.3, 0.4) is 0 Å². The van der Waals surface area contributed by atoms with Gasteiger partial charge in [0.15, 0.2) is 0 Å². The highest BCUT2D eigenvalue weighted by molar-refractivity contribution is 6.40. The van der Waals surface area contributed by atoms with Gasteiger partial charge in [-0.05, 0) is 12.5 Å². The number of nitro benzene ring substituents is 1. The predicted molar refractivity (Wildman–Crippen MR) is 103 cm³/mol. The van der Waals surface area contributed by atoms with E-state index in [0.717, 1.165) is 12.1 Å². The number of hydrogen-bond acceptors (Lipinski definition) is 5. The van der Waals surface area contributed by atoms with Crippen LogP contribution >= 0.6 is 23.2 Å².